The molecule has 0 spiro atoms. The highest BCUT2D eigenvalue weighted by Crippen LogP contribution is 2.30. The second-order valence-electron chi connectivity index (χ2n) is 5.43. The van der Waals surface area contributed by atoms with Gasteiger partial charge in [-0.05, 0) is 41.6 Å². The van der Waals surface area contributed by atoms with E-state index in [2.05, 4.69) is 11.9 Å². The van der Waals surface area contributed by atoms with Gasteiger partial charge in [-0.25, -0.2) is 9.79 Å². The number of aliphatic imine (C=N–C) groups is 1. The zero-order chi connectivity index (χ0) is 17.6. The first-order valence-electron chi connectivity index (χ1n) is 8.08. The van der Waals surface area contributed by atoms with Crippen molar-refractivity contribution in [1.82, 2.24) is 0 Å². The fourth-order valence-corrected chi connectivity index (χ4v) is 2.94. The number of methoxy groups -OCH3 is 1. The highest BCUT2D eigenvalue weighted by Gasteiger charge is 2.24. The monoisotopic (exact) mass is 357 g/mol. The van der Waals surface area contributed by atoms with Crippen LogP contribution < -0.4 is 9.47 Å². The summed E-state index contributed by atoms with van der Waals surface area (Å²) in [5.74, 6) is 1.21. The van der Waals surface area contributed by atoms with E-state index in [4.69, 9.17) is 14.2 Å². The SMILES string of the molecule is CCCCOc1cc(/C=C2\N=C(c3cccs3)OC2=O)ccc1OC. The second kappa shape index (κ2) is 7.98. The van der Waals surface area contributed by atoms with Crippen LogP contribution in [0.4, 0.5) is 0 Å². The van der Waals surface area contributed by atoms with E-state index in [1.165, 1.54) is 11.3 Å². The van der Waals surface area contributed by atoms with Crippen molar-refractivity contribution in [3.63, 3.8) is 0 Å². The largest absolute Gasteiger partial charge is 0.493 e. The number of cyclic esters (lactones) is 1. The van der Waals surface area contributed by atoms with Crippen LogP contribution in [0.2, 0.25) is 0 Å². The van der Waals surface area contributed by atoms with Crippen molar-refractivity contribution in [3.05, 3.63) is 51.8 Å². The molecule has 2 aromatic rings. The van der Waals surface area contributed by atoms with Crippen LogP contribution in [0.5, 0.6) is 11.5 Å². The third-order valence-electron chi connectivity index (χ3n) is 3.60. The van der Waals surface area contributed by atoms with Crippen molar-refractivity contribution in [2.75, 3.05) is 13.7 Å². The summed E-state index contributed by atoms with van der Waals surface area (Å²) in [6.45, 7) is 2.73. The van der Waals surface area contributed by atoms with Gasteiger partial charge in [0.25, 0.3) is 0 Å². The molecule has 0 saturated carbocycles. The van der Waals surface area contributed by atoms with Gasteiger partial charge in [0.15, 0.2) is 17.2 Å². The lowest BCUT2D eigenvalue weighted by atomic mass is 10.1. The van der Waals surface area contributed by atoms with Crippen molar-refractivity contribution >= 4 is 29.3 Å². The van der Waals surface area contributed by atoms with Crippen LogP contribution in [0.25, 0.3) is 6.08 Å². The average molecular weight is 357 g/mol. The van der Waals surface area contributed by atoms with Crippen molar-refractivity contribution in [3.8, 4) is 11.5 Å². The van der Waals surface area contributed by atoms with Crippen molar-refractivity contribution in [1.29, 1.82) is 0 Å². The fourth-order valence-electron chi connectivity index (χ4n) is 2.29. The molecule has 0 saturated heterocycles. The normalized spacial score (nSPS) is 15.2. The standard InChI is InChI=1S/C19H19NO4S/c1-3-4-9-23-16-12-13(7-8-15(16)22-2)11-14-19(21)24-18(20-14)17-6-5-10-25-17/h5-8,10-12H,3-4,9H2,1-2H3/b14-11-. The molecule has 2 heterocycles. The Balaban J connectivity index is 1.85. The van der Waals surface area contributed by atoms with E-state index in [-0.39, 0.29) is 5.70 Å². The van der Waals surface area contributed by atoms with E-state index < -0.39 is 5.97 Å². The number of carbonyl (C=O) groups excluding carboxylic acids is 1. The predicted molar refractivity (Wildman–Crippen MR) is 98.3 cm³/mol. The number of esters is 1. The second-order valence-corrected chi connectivity index (χ2v) is 6.37. The molecule has 1 aromatic heterocycles. The van der Waals surface area contributed by atoms with Gasteiger partial charge in [-0.2, -0.15) is 0 Å². The molecule has 0 radical (unpaired) electrons. The van der Waals surface area contributed by atoms with Gasteiger partial charge in [-0.1, -0.05) is 25.5 Å². The molecule has 0 fully saturated rings. The Labute approximate surface area is 150 Å². The molecule has 0 amide bonds. The van der Waals surface area contributed by atoms with Crippen LogP contribution in [0, 0.1) is 0 Å². The number of hydrogen-bond donors (Lipinski definition) is 0. The third kappa shape index (κ3) is 4.09. The lowest BCUT2D eigenvalue weighted by Gasteiger charge is -2.11. The van der Waals surface area contributed by atoms with Crippen LogP contribution in [-0.4, -0.2) is 25.6 Å². The minimum Gasteiger partial charge on any atom is -0.493 e. The van der Waals surface area contributed by atoms with Crippen molar-refractivity contribution in [2.45, 2.75) is 19.8 Å². The molecule has 0 atom stereocenters. The number of ether oxygens (including phenoxy) is 3. The molecule has 0 N–H and O–H groups in total. The van der Waals surface area contributed by atoms with Crippen molar-refractivity contribution < 1.29 is 19.0 Å². The summed E-state index contributed by atoms with van der Waals surface area (Å²) in [5, 5.41) is 1.91. The smallest absolute Gasteiger partial charge is 0.363 e. The number of hydrogen-bond acceptors (Lipinski definition) is 6. The first kappa shape index (κ1) is 17.2. The zero-order valence-corrected chi connectivity index (χ0v) is 15.0. The quantitative estimate of drug-likeness (QED) is 0.422. The summed E-state index contributed by atoms with van der Waals surface area (Å²) < 4.78 is 16.3. The Morgan fingerprint density at radius 1 is 1.28 bits per heavy atom. The number of carbonyl (C=O) groups is 1. The van der Waals surface area contributed by atoms with Crippen LogP contribution in [0.1, 0.15) is 30.2 Å². The molecule has 1 aliphatic rings. The maximum atomic E-state index is 12.0. The van der Waals surface area contributed by atoms with Gasteiger partial charge in [-0.3, -0.25) is 0 Å². The lowest BCUT2D eigenvalue weighted by Crippen LogP contribution is -2.03. The molecule has 1 aromatic carbocycles. The number of unbranched alkanes of at least 4 members (excludes halogenated alkanes) is 1. The molecule has 130 valence electrons. The Morgan fingerprint density at radius 3 is 2.88 bits per heavy atom. The number of nitrogens with zero attached hydrogens (tertiary/aromatic N) is 1. The van der Waals surface area contributed by atoms with Gasteiger partial charge in [0, 0.05) is 0 Å². The van der Waals surface area contributed by atoms with E-state index in [0.717, 1.165) is 23.3 Å². The Morgan fingerprint density at radius 2 is 2.16 bits per heavy atom. The molecule has 25 heavy (non-hydrogen) atoms. The van der Waals surface area contributed by atoms with Gasteiger partial charge in [-0.15, -0.1) is 11.3 Å². The van der Waals surface area contributed by atoms with Crippen molar-refractivity contribution in [2.24, 2.45) is 4.99 Å². The average Bonchev–Trinajstić information content (AvgIpc) is 3.26. The van der Waals surface area contributed by atoms with Crippen LogP contribution in [0.15, 0.2) is 46.4 Å². The van der Waals surface area contributed by atoms with Gasteiger partial charge in [0.05, 0.1) is 18.6 Å². The summed E-state index contributed by atoms with van der Waals surface area (Å²) in [6, 6.07) is 9.27. The molecule has 5 nitrogen and oxygen atoms in total. The summed E-state index contributed by atoms with van der Waals surface area (Å²) in [6.07, 6.45) is 3.71. The summed E-state index contributed by atoms with van der Waals surface area (Å²) >= 11 is 1.48. The topological polar surface area (TPSA) is 57.1 Å². The number of thiophene rings is 1. The highest BCUT2D eigenvalue weighted by molar-refractivity contribution is 7.12. The maximum absolute atomic E-state index is 12.0. The molecule has 0 unspecified atom stereocenters. The Hall–Kier alpha value is -2.60. The first-order chi connectivity index (χ1) is 12.2. The first-order valence-corrected chi connectivity index (χ1v) is 8.96. The number of rotatable bonds is 7. The Kier molecular flexibility index (Phi) is 5.50. The molecule has 0 bridgehead atoms. The van der Waals surface area contributed by atoms with Crippen LogP contribution >= 0.6 is 11.3 Å². The van der Waals surface area contributed by atoms with Crippen LogP contribution in [0.3, 0.4) is 0 Å². The molecule has 6 heteroatoms. The zero-order valence-electron chi connectivity index (χ0n) is 14.2. The Bertz CT molecular complexity index is 809. The van der Waals surface area contributed by atoms with E-state index in [1.54, 1.807) is 13.2 Å². The number of benzene rings is 1. The molecule has 3 rings (SSSR count). The predicted octanol–water partition coefficient (Wildman–Crippen LogP) is 4.28. The van der Waals surface area contributed by atoms with Crippen LogP contribution in [-0.2, 0) is 9.53 Å². The summed E-state index contributed by atoms with van der Waals surface area (Å²) in [7, 11) is 1.60. The van der Waals surface area contributed by atoms with E-state index in [1.807, 2.05) is 35.7 Å². The van der Waals surface area contributed by atoms with Gasteiger partial charge in [0.1, 0.15) is 0 Å². The molecule has 1 aliphatic heterocycles. The maximum Gasteiger partial charge on any atom is 0.363 e. The highest BCUT2D eigenvalue weighted by atomic mass is 32.1. The van der Waals surface area contributed by atoms with E-state index in [0.29, 0.717) is 24.0 Å². The van der Waals surface area contributed by atoms with E-state index in [9.17, 15) is 4.79 Å². The summed E-state index contributed by atoms with van der Waals surface area (Å²) in [5.41, 5.74) is 1.07. The lowest BCUT2D eigenvalue weighted by molar-refractivity contribution is -0.129. The van der Waals surface area contributed by atoms with Gasteiger partial charge >= 0.3 is 5.97 Å². The molecular weight excluding hydrogens is 338 g/mol. The van der Waals surface area contributed by atoms with Gasteiger partial charge < -0.3 is 14.2 Å². The molecular formula is C19H19NO4S. The fraction of sp³-hybridized carbons (Fsp3) is 0.263. The third-order valence-corrected chi connectivity index (χ3v) is 4.46. The summed E-state index contributed by atoms with van der Waals surface area (Å²) in [4.78, 5) is 17.2. The minimum absolute atomic E-state index is 0.271. The molecule has 0 aliphatic carbocycles. The van der Waals surface area contributed by atoms with E-state index >= 15 is 0 Å². The minimum atomic E-state index is -0.451. The van der Waals surface area contributed by atoms with Gasteiger partial charge in [0.2, 0.25) is 5.90 Å².